The van der Waals surface area contributed by atoms with Crippen LogP contribution in [0.5, 0.6) is 0 Å². The fraction of sp³-hybridized carbons (Fsp3) is 0.455. The molecule has 146 valence electrons. The van der Waals surface area contributed by atoms with Crippen molar-refractivity contribution in [3.05, 3.63) is 48.3 Å². The van der Waals surface area contributed by atoms with Crippen LogP contribution in [0.15, 0.2) is 42.6 Å². The number of nitrogens with zero attached hydrogens (tertiary/aromatic N) is 2. The molecule has 2 heterocycles. The van der Waals surface area contributed by atoms with E-state index in [0.29, 0.717) is 11.8 Å². The van der Waals surface area contributed by atoms with Gasteiger partial charge in [0.2, 0.25) is 0 Å². The Morgan fingerprint density at radius 2 is 1.59 bits per heavy atom. The number of benzene rings is 1. The third-order valence-corrected chi connectivity index (χ3v) is 5.86. The van der Waals surface area contributed by atoms with Crippen LogP contribution in [-0.2, 0) is 0 Å². The van der Waals surface area contributed by atoms with Crippen LogP contribution < -0.4 is 48.0 Å². The second-order valence-electron chi connectivity index (χ2n) is 7.88. The largest absolute Gasteiger partial charge is 1.00 e. The van der Waals surface area contributed by atoms with E-state index < -0.39 is 0 Å². The third-order valence-electron chi connectivity index (χ3n) is 5.86. The molecule has 3 aromatic rings. The molecule has 0 bridgehead atoms. The summed E-state index contributed by atoms with van der Waals surface area (Å²) in [6.45, 7) is 7.12. The predicted octanol–water partition coefficient (Wildman–Crippen LogP) is -0.0332. The van der Waals surface area contributed by atoms with Crippen LogP contribution in [0.3, 0.4) is 0 Å². The van der Waals surface area contributed by atoms with Gasteiger partial charge in [0.05, 0.1) is 11.0 Å². The van der Waals surface area contributed by atoms with Gasteiger partial charge in [-0.2, -0.15) is 0 Å². The van der Waals surface area contributed by atoms with E-state index >= 15 is 0 Å². The van der Waals surface area contributed by atoms with E-state index in [9.17, 15) is 0 Å². The van der Waals surface area contributed by atoms with E-state index in [1.54, 1.807) is 0 Å². The molecule has 27 heavy (non-hydrogen) atoms. The van der Waals surface area contributed by atoms with E-state index in [4.69, 9.17) is 4.98 Å². The number of pyridine rings is 2. The van der Waals surface area contributed by atoms with Gasteiger partial charge >= 0.3 is 0 Å². The van der Waals surface area contributed by atoms with Crippen molar-refractivity contribution in [1.82, 2.24) is 9.97 Å². The molecule has 0 N–H and O–H groups in total. The van der Waals surface area contributed by atoms with Crippen molar-refractivity contribution in [3.8, 4) is 0 Å². The van der Waals surface area contributed by atoms with Crippen LogP contribution in [0.1, 0.15) is 51.6 Å². The van der Waals surface area contributed by atoms with Gasteiger partial charge in [0, 0.05) is 69.0 Å². The molecule has 5 heteroatoms. The zero-order chi connectivity index (χ0) is 16.7. The fourth-order valence-corrected chi connectivity index (χ4v) is 4.49. The first-order valence-corrected chi connectivity index (χ1v) is 9.28. The normalized spacial score (nSPS) is 22.0. The average molecular weight is 723 g/mol. The smallest absolute Gasteiger partial charge is 0.0967 e. The van der Waals surface area contributed by atoms with Gasteiger partial charge in [-0.1, -0.05) is 51.5 Å². The zero-order valence-electron chi connectivity index (χ0n) is 16.0. The molecule has 0 spiro atoms. The first kappa shape index (κ1) is 25.9. The maximum atomic E-state index is 5.13. The number of hydrogen-bond acceptors (Lipinski definition) is 2. The Morgan fingerprint density at radius 3 is 2.30 bits per heavy atom. The van der Waals surface area contributed by atoms with Gasteiger partial charge in [0.1, 0.15) is 0 Å². The standard InChI is InChI=1S/C22H26N2.2HI.Sm/c1-14(2)18-10-6-15(3)13-19(18)20-11-9-17-8-7-16-5-4-12-23-21(16)22(17)24-20;;;/h4-5,7-9,11-12,14-15,18-19H,6,10,13H2,1-3H3;2*1H;/p-2/t15-,18+,19?;;;/m0.../s1. The topological polar surface area (TPSA) is 25.8 Å². The molecule has 0 aliphatic heterocycles. The first-order valence-electron chi connectivity index (χ1n) is 9.28. The van der Waals surface area contributed by atoms with Crippen LogP contribution >= 0.6 is 0 Å². The van der Waals surface area contributed by atoms with Crippen molar-refractivity contribution >= 4 is 21.8 Å². The summed E-state index contributed by atoms with van der Waals surface area (Å²) >= 11 is 0. The van der Waals surface area contributed by atoms with Crippen LogP contribution in [0.2, 0.25) is 0 Å². The van der Waals surface area contributed by atoms with Crippen molar-refractivity contribution in [1.29, 1.82) is 0 Å². The molecule has 1 aromatic carbocycles. The van der Waals surface area contributed by atoms with Crippen molar-refractivity contribution in [2.75, 3.05) is 0 Å². The molecule has 2 nitrogen and oxygen atoms in total. The van der Waals surface area contributed by atoms with Crippen molar-refractivity contribution < 1.29 is 88.3 Å². The van der Waals surface area contributed by atoms with Crippen LogP contribution in [0.4, 0.5) is 0 Å². The van der Waals surface area contributed by atoms with Crippen LogP contribution in [-0.4, -0.2) is 9.97 Å². The third kappa shape index (κ3) is 5.51. The van der Waals surface area contributed by atoms with E-state index in [1.807, 2.05) is 12.3 Å². The summed E-state index contributed by atoms with van der Waals surface area (Å²) in [5, 5.41) is 2.36. The first-order chi connectivity index (χ1) is 11.6. The molecule has 1 saturated carbocycles. The van der Waals surface area contributed by atoms with E-state index in [0.717, 1.165) is 22.9 Å². The minimum Gasteiger partial charge on any atom is -1.00 e. The summed E-state index contributed by atoms with van der Waals surface area (Å²) in [5.74, 6) is 2.84. The molecule has 1 unspecified atom stereocenters. The van der Waals surface area contributed by atoms with E-state index in [2.05, 4.69) is 56.1 Å². The second-order valence-corrected chi connectivity index (χ2v) is 7.88. The molecule has 1 aliphatic carbocycles. The van der Waals surface area contributed by atoms with Crippen molar-refractivity contribution in [2.45, 2.75) is 46.0 Å². The number of aromatic nitrogens is 2. The minimum absolute atomic E-state index is 0. The van der Waals surface area contributed by atoms with Gasteiger partial charge in [-0.05, 0) is 42.7 Å². The van der Waals surface area contributed by atoms with Crippen LogP contribution in [0.25, 0.3) is 21.8 Å². The van der Waals surface area contributed by atoms with Gasteiger partial charge in [0.15, 0.2) is 0 Å². The molecule has 1 fully saturated rings. The SMILES string of the molecule is CC(C)[C@H]1CC[C@H](C)CC1c1ccc2ccc3cccnc3c2n1.[I-].[I-].[Sm]. The Bertz CT molecular complexity index is 884. The average Bonchev–Trinajstić information content (AvgIpc) is 2.61. The summed E-state index contributed by atoms with van der Waals surface area (Å²) in [5.41, 5.74) is 3.36. The summed E-state index contributed by atoms with van der Waals surface area (Å²) < 4.78 is 0. The molecule has 0 radical (unpaired) electrons. The zero-order valence-corrected chi connectivity index (χ0v) is 23.0. The molecular weight excluding hydrogens is 696 g/mol. The summed E-state index contributed by atoms with van der Waals surface area (Å²) in [7, 11) is 0. The van der Waals surface area contributed by atoms with Crippen molar-refractivity contribution in [3.63, 3.8) is 0 Å². The quantitative estimate of drug-likeness (QED) is 0.275. The fourth-order valence-electron chi connectivity index (χ4n) is 4.49. The predicted molar refractivity (Wildman–Crippen MR) is 101 cm³/mol. The molecule has 0 saturated heterocycles. The molecular formula is C22H26I2N2Sm-2. The Hall–Kier alpha value is 0.838. The van der Waals surface area contributed by atoms with E-state index in [1.165, 1.54) is 35.7 Å². The number of rotatable bonds is 2. The monoisotopic (exact) mass is 724 g/mol. The minimum atomic E-state index is 0. The summed E-state index contributed by atoms with van der Waals surface area (Å²) in [4.78, 5) is 9.73. The molecule has 4 rings (SSSR count). The van der Waals surface area contributed by atoms with Gasteiger partial charge in [-0.3, -0.25) is 9.97 Å². The molecule has 0 amide bonds. The van der Waals surface area contributed by atoms with Gasteiger partial charge < -0.3 is 48.0 Å². The molecule has 3 atom stereocenters. The number of fused-ring (bicyclic) bond motifs is 3. The maximum Gasteiger partial charge on any atom is 0.0967 e. The van der Waals surface area contributed by atoms with Crippen LogP contribution in [0, 0.1) is 58.1 Å². The summed E-state index contributed by atoms with van der Waals surface area (Å²) in [6, 6.07) is 12.9. The second kappa shape index (κ2) is 11.3. The Balaban J connectivity index is 0.00000121. The summed E-state index contributed by atoms with van der Waals surface area (Å²) in [6.07, 6.45) is 5.82. The molecule has 2 aromatic heterocycles. The van der Waals surface area contributed by atoms with Gasteiger partial charge in [-0.25, -0.2) is 0 Å². The Morgan fingerprint density at radius 1 is 0.926 bits per heavy atom. The van der Waals surface area contributed by atoms with Gasteiger partial charge in [0.25, 0.3) is 0 Å². The van der Waals surface area contributed by atoms with Gasteiger partial charge in [-0.15, -0.1) is 0 Å². The maximum absolute atomic E-state index is 5.13. The van der Waals surface area contributed by atoms with E-state index in [-0.39, 0.29) is 88.3 Å². The van der Waals surface area contributed by atoms with Crippen molar-refractivity contribution in [2.24, 2.45) is 17.8 Å². The number of hydrogen-bond donors (Lipinski definition) is 0. The Kier molecular flexibility index (Phi) is 10.8. The molecule has 1 aliphatic rings. The Labute approximate surface area is 229 Å². The number of halogens is 2.